The lowest BCUT2D eigenvalue weighted by molar-refractivity contribution is -0.136. The van der Waals surface area contributed by atoms with Crippen LogP contribution in [0.3, 0.4) is 0 Å². The topological polar surface area (TPSA) is 75.4 Å². The second-order valence-corrected chi connectivity index (χ2v) is 5.74. The van der Waals surface area contributed by atoms with Crippen LogP contribution >= 0.6 is 0 Å². The predicted molar refractivity (Wildman–Crippen MR) is 75.4 cm³/mol. The highest BCUT2D eigenvalue weighted by atomic mass is 16.2. The van der Waals surface area contributed by atoms with E-state index >= 15 is 0 Å². The first kappa shape index (κ1) is 16.0. The first-order chi connectivity index (χ1) is 8.95. The average Bonchev–Trinajstić information content (AvgIpc) is 2.39. The lowest BCUT2D eigenvalue weighted by Gasteiger charge is -2.34. The maximum atomic E-state index is 12.1. The number of nitrogens with zero attached hydrogens (tertiary/aromatic N) is 1. The number of carbonyl (C=O) groups is 2. The van der Waals surface area contributed by atoms with Crippen LogP contribution in [0.15, 0.2) is 0 Å². The Bertz CT molecular complexity index is 310. The summed E-state index contributed by atoms with van der Waals surface area (Å²) < 4.78 is 0. The van der Waals surface area contributed by atoms with E-state index in [9.17, 15) is 9.59 Å². The van der Waals surface area contributed by atoms with Crippen molar-refractivity contribution in [3.05, 3.63) is 0 Å². The Morgan fingerprint density at radius 1 is 1.26 bits per heavy atom. The van der Waals surface area contributed by atoms with Crippen molar-refractivity contribution < 1.29 is 9.59 Å². The number of hydrogen-bond acceptors (Lipinski definition) is 3. The van der Waals surface area contributed by atoms with E-state index in [1.165, 1.54) is 0 Å². The highest BCUT2D eigenvalue weighted by Crippen LogP contribution is 2.15. The Balaban J connectivity index is 2.36. The molecule has 0 aromatic carbocycles. The molecule has 0 radical (unpaired) electrons. The molecule has 1 fully saturated rings. The second-order valence-electron chi connectivity index (χ2n) is 5.74. The quantitative estimate of drug-likeness (QED) is 0.773. The predicted octanol–water partition coefficient (Wildman–Crippen LogP) is 0.735. The van der Waals surface area contributed by atoms with Crippen molar-refractivity contribution in [2.75, 3.05) is 19.6 Å². The van der Waals surface area contributed by atoms with Gasteiger partial charge in [-0.1, -0.05) is 20.8 Å². The molecular weight excluding hydrogens is 242 g/mol. The molecule has 1 heterocycles. The lowest BCUT2D eigenvalue weighted by Crippen LogP contribution is -2.48. The Hall–Kier alpha value is -1.10. The minimum atomic E-state index is 0.00630. The molecule has 0 aromatic heterocycles. The van der Waals surface area contributed by atoms with Gasteiger partial charge in [-0.05, 0) is 25.8 Å². The van der Waals surface area contributed by atoms with Crippen LogP contribution < -0.4 is 11.1 Å². The van der Waals surface area contributed by atoms with Gasteiger partial charge in [0.2, 0.25) is 11.8 Å². The van der Waals surface area contributed by atoms with Gasteiger partial charge in [0, 0.05) is 31.0 Å². The molecule has 1 atom stereocenters. The first-order valence-electron chi connectivity index (χ1n) is 7.25. The molecule has 19 heavy (non-hydrogen) atoms. The summed E-state index contributed by atoms with van der Waals surface area (Å²) in [5, 5.41) is 3.04. The van der Waals surface area contributed by atoms with E-state index < -0.39 is 0 Å². The molecule has 0 bridgehead atoms. The van der Waals surface area contributed by atoms with E-state index in [0.717, 1.165) is 32.4 Å². The van der Waals surface area contributed by atoms with Gasteiger partial charge in [-0.3, -0.25) is 9.59 Å². The van der Waals surface area contributed by atoms with Gasteiger partial charge >= 0.3 is 0 Å². The Kier molecular flexibility index (Phi) is 6.28. The minimum absolute atomic E-state index is 0.00630. The second kappa shape index (κ2) is 7.48. The number of hydrogen-bond donors (Lipinski definition) is 2. The van der Waals surface area contributed by atoms with Gasteiger partial charge in [0.1, 0.15) is 0 Å². The van der Waals surface area contributed by atoms with Crippen LogP contribution in [-0.2, 0) is 9.59 Å². The highest BCUT2D eigenvalue weighted by molar-refractivity contribution is 5.79. The summed E-state index contributed by atoms with van der Waals surface area (Å²) in [7, 11) is 0. The fourth-order valence-electron chi connectivity index (χ4n) is 2.30. The molecule has 2 amide bonds. The summed E-state index contributed by atoms with van der Waals surface area (Å²) in [6, 6.07) is 0.212. The number of carbonyl (C=O) groups excluding carboxylic acids is 2. The van der Waals surface area contributed by atoms with E-state index in [-0.39, 0.29) is 29.7 Å². The molecule has 1 aliphatic heterocycles. The van der Waals surface area contributed by atoms with Crippen molar-refractivity contribution in [2.24, 2.45) is 17.6 Å². The van der Waals surface area contributed by atoms with Gasteiger partial charge in [-0.15, -0.1) is 0 Å². The third-order valence-electron chi connectivity index (χ3n) is 3.70. The third kappa shape index (κ3) is 4.82. The average molecular weight is 269 g/mol. The monoisotopic (exact) mass is 269 g/mol. The van der Waals surface area contributed by atoms with Gasteiger partial charge < -0.3 is 16.0 Å². The normalized spacial score (nSPS) is 18.5. The Morgan fingerprint density at radius 3 is 2.32 bits per heavy atom. The molecule has 1 aliphatic rings. The molecule has 5 nitrogen and oxygen atoms in total. The molecule has 1 unspecified atom stereocenters. The zero-order chi connectivity index (χ0) is 14.4. The molecule has 0 saturated carbocycles. The zero-order valence-electron chi connectivity index (χ0n) is 12.3. The van der Waals surface area contributed by atoms with Crippen molar-refractivity contribution in [3.8, 4) is 0 Å². The maximum Gasteiger partial charge on any atom is 0.225 e. The van der Waals surface area contributed by atoms with E-state index in [1.54, 1.807) is 0 Å². The fourth-order valence-corrected chi connectivity index (χ4v) is 2.30. The number of amides is 2. The van der Waals surface area contributed by atoms with Crippen LogP contribution in [0.1, 0.15) is 40.0 Å². The standard InChI is InChI=1S/C14H27N3O2/c1-10(2)13(18)16-12-5-8-17(9-6-12)14(19)11(3)4-7-15/h10-12H,4-9,15H2,1-3H3,(H,16,18). The fraction of sp³-hybridized carbons (Fsp3) is 0.857. The summed E-state index contributed by atoms with van der Waals surface area (Å²) in [4.78, 5) is 25.6. The molecule has 0 aromatic rings. The number of nitrogens with two attached hydrogens (primary N) is 1. The van der Waals surface area contributed by atoms with Gasteiger partial charge in [-0.25, -0.2) is 0 Å². The summed E-state index contributed by atoms with van der Waals surface area (Å²) in [6.45, 7) is 7.73. The van der Waals surface area contributed by atoms with E-state index in [1.807, 2.05) is 25.7 Å². The van der Waals surface area contributed by atoms with Gasteiger partial charge in [0.05, 0.1) is 0 Å². The van der Waals surface area contributed by atoms with Crippen molar-refractivity contribution in [2.45, 2.75) is 46.1 Å². The van der Waals surface area contributed by atoms with Crippen LogP contribution in [0.2, 0.25) is 0 Å². The van der Waals surface area contributed by atoms with E-state index in [0.29, 0.717) is 6.54 Å². The summed E-state index contributed by atoms with van der Waals surface area (Å²) in [5.74, 6) is 0.316. The van der Waals surface area contributed by atoms with Crippen molar-refractivity contribution in [1.82, 2.24) is 10.2 Å². The molecule has 0 spiro atoms. The number of nitrogens with one attached hydrogen (secondary N) is 1. The summed E-state index contributed by atoms with van der Waals surface area (Å²) in [5.41, 5.74) is 5.48. The van der Waals surface area contributed by atoms with Crippen LogP contribution in [0.5, 0.6) is 0 Å². The van der Waals surface area contributed by atoms with Gasteiger partial charge in [0.15, 0.2) is 0 Å². The summed E-state index contributed by atoms with van der Waals surface area (Å²) in [6.07, 6.45) is 2.43. The van der Waals surface area contributed by atoms with Crippen LogP contribution in [0.25, 0.3) is 0 Å². The van der Waals surface area contributed by atoms with Crippen LogP contribution in [-0.4, -0.2) is 42.4 Å². The van der Waals surface area contributed by atoms with Crippen molar-refractivity contribution in [3.63, 3.8) is 0 Å². The Morgan fingerprint density at radius 2 is 1.84 bits per heavy atom. The maximum absolute atomic E-state index is 12.1. The largest absolute Gasteiger partial charge is 0.353 e. The lowest BCUT2D eigenvalue weighted by atomic mass is 10.0. The SMILES string of the molecule is CC(C)C(=O)NC1CCN(C(=O)C(C)CCN)CC1. The van der Waals surface area contributed by atoms with Crippen molar-refractivity contribution >= 4 is 11.8 Å². The van der Waals surface area contributed by atoms with Crippen LogP contribution in [0.4, 0.5) is 0 Å². The van der Waals surface area contributed by atoms with Gasteiger partial charge in [-0.2, -0.15) is 0 Å². The molecule has 1 rings (SSSR count). The zero-order valence-corrected chi connectivity index (χ0v) is 12.3. The number of likely N-dealkylation sites (tertiary alicyclic amines) is 1. The highest BCUT2D eigenvalue weighted by Gasteiger charge is 2.26. The smallest absolute Gasteiger partial charge is 0.225 e. The summed E-state index contributed by atoms with van der Waals surface area (Å²) >= 11 is 0. The van der Waals surface area contributed by atoms with Gasteiger partial charge in [0.25, 0.3) is 0 Å². The number of rotatable bonds is 5. The molecule has 1 saturated heterocycles. The molecular formula is C14H27N3O2. The molecule has 5 heteroatoms. The van der Waals surface area contributed by atoms with Crippen molar-refractivity contribution in [1.29, 1.82) is 0 Å². The Labute approximate surface area is 115 Å². The third-order valence-corrected chi connectivity index (χ3v) is 3.70. The van der Waals surface area contributed by atoms with Crippen LogP contribution in [0, 0.1) is 11.8 Å². The molecule has 0 aliphatic carbocycles. The molecule has 110 valence electrons. The van der Waals surface area contributed by atoms with E-state index in [2.05, 4.69) is 5.32 Å². The molecule has 3 N–H and O–H groups in total. The minimum Gasteiger partial charge on any atom is -0.353 e. The van der Waals surface area contributed by atoms with E-state index in [4.69, 9.17) is 5.73 Å². The number of piperidine rings is 1. The first-order valence-corrected chi connectivity index (χ1v) is 7.25.